The van der Waals surface area contributed by atoms with Gasteiger partial charge >= 0.3 is 0 Å². The largest absolute Gasteiger partial charge is 0.455 e. The number of nitrogens with one attached hydrogen (secondary N) is 1. The fourth-order valence-electron chi connectivity index (χ4n) is 1.64. The van der Waals surface area contributed by atoms with E-state index in [4.69, 9.17) is 4.74 Å². The Morgan fingerprint density at radius 2 is 1.89 bits per heavy atom. The zero-order chi connectivity index (χ0) is 13.7. The van der Waals surface area contributed by atoms with Gasteiger partial charge < -0.3 is 10.1 Å². The van der Waals surface area contributed by atoms with Crippen LogP contribution < -0.4 is 10.1 Å². The molecular formula is C16H20N2O. The fraction of sp³-hybridized carbons (Fsp3) is 0.312. The van der Waals surface area contributed by atoms with Crippen LogP contribution in [0.15, 0.2) is 48.8 Å². The van der Waals surface area contributed by atoms with Gasteiger partial charge in [0.15, 0.2) is 0 Å². The number of hydrogen-bond acceptors (Lipinski definition) is 3. The summed E-state index contributed by atoms with van der Waals surface area (Å²) in [7, 11) is 0. The summed E-state index contributed by atoms with van der Waals surface area (Å²) in [5.74, 6) is 1.62. The van der Waals surface area contributed by atoms with Crippen molar-refractivity contribution in [2.24, 2.45) is 0 Å². The Hall–Kier alpha value is -1.87. The minimum atomic E-state index is 0.0847. The summed E-state index contributed by atoms with van der Waals surface area (Å²) < 4.78 is 5.87. The van der Waals surface area contributed by atoms with Crippen molar-refractivity contribution in [2.75, 3.05) is 0 Å². The monoisotopic (exact) mass is 256 g/mol. The highest BCUT2D eigenvalue weighted by molar-refractivity contribution is 5.37. The summed E-state index contributed by atoms with van der Waals surface area (Å²) in [4.78, 5) is 4.06. The molecule has 2 rings (SSSR count). The maximum absolute atomic E-state index is 5.87. The molecule has 0 aliphatic heterocycles. The fourth-order valence-corrected chi connectivity index (χ4v) is 1.64. The first-order valence-electron chi connectivity index (χ1n) is 6.45. The Labute approximate surface area is 114 Å². The summed E-state index contributed by atoms with van der Waals surface area (Å²) in [6.45, 7) is 7.23. The minimum Gasteiger partial charge on any atom is -0.455 e. The predicted octanol–water partition coefficient (Wildman–Crippen LogP) is 3.76. The van der Waals surface area contributed by atoms with Crippen LogP contribution in [0.3, 0.4) is 0 Å². The van der Waals surface area contributed by atoms with Gasteiger partial charge in [0, 0.05) is 23.8 Å². The van der Waals surface area contributed by atoms with E-state index in [0.29, 0.717) is 0 Å². The van der Waals surface area contributed by atoms with Gasteiger partial charge in [-0.2, -0.15) is 0 Å². The van der Waals surface area contributed by atoms with Gasteiger partial charge in [-0.25, -0.2) is 0 Å². The zero-order valence-corrected chi connectivity index (χ0v) is 11.7. The van der Waals surface area contributed by atoms with Gasteiger partial charge in [-0.05, 0) is 39.0 Å². The van der Waals surface area contributed by atoms with Crippen molar-refractivity contribution in [2.45, 2.75) is 32.9 Å². The maximum Gasteiger partial charge on any atom is 0.145 e. The Balaban J connectivity index is 2.12. The number of para-hydroxylation sites is 1. The number of hydrogen-bond donors (Lipinski definition) is 1. The molecule has 1 heterocycles. The molecule has 0 radical (unpaired) electrons. The number of ether oxygens (including phenoxy) is 1. The van der Waals surface area contributed by atoms with Crippen LogP contribution in [0, 0.1) is 0 Å². The highest BCUT2D eigenvalue weighted by Crippen LogP contribution is 2.24. The lowest BCUT2D eigenvalue weighted by atomic mass is 10.1. The van der Waals surface area contributed by atoms with Crippen LogP contribution in [-0.2, 0) is 6.54 Å². The van der Waals surface area contributed by atoms with Crippen molar-refractivity contribution in [1.82, 2.24) is 10.3 Å². The predicted molar refractivity (Wildman–Crippen MR) is 77.3 cm³/mol. The standard InChI is InChI=1S/C16H20N2O/c1-16(2,3)18-11-13-7-4-5-9-15(13)19-14-8-6-10-17-12-14/h4-10,12,18H,11H2,1-3H3. The van der Waals surface area contributed by atoms with E-state index in [0.717, 1.165) is 23.6 Å². The molecule has 2 aromatic rings. The van der Waals surface area contributed by atoms with Gasteiger partial charge in [-0.15, -0.1) is 0 Å². The van der Waals surface area contributed by atoms with Gasteiger partial charge in [0.05, 0.1) is 6.20 Å². The van der Waals surface area contributed by atoms with Gasteiger partial charge in [-0.1, -0.05) is 18.2 Å². The Morgan fingerprint density at radius 3 is 2.58 bits per heavy atom. The second kappa shape index (κ2) is 5.85. The number of benzene rings is 1. The van der Waals surface area contributed by atoms with Crippen molar-refractivity contribution in [3.05, 3.63) is 54.4 Å². The Kier molecular flexibility index (Phi) is 4.17. The van der Waals surface area contributed by atoms with Crippen LogP contribution in [0.2, 0.25) is 0 Å². The van der Waals surface area contributed by atoms with E-state index in [2.05, 4.69) is 37.1 Å². The minimum absolute atomic E-state index is 0.0847. The van der Waals surface area contributed by atoms with Crippen molar-refractivity contribution in [3.8, 4) is 11.5 Å². The number of rotatable bonds is 4. The van der Waals surface area contributed by atoms with E-state index in [-0.39, 0.29) is 5.54 Å². The molecule has 1 aromatic heterocycles. The number of nitrogens with zero attached hydrogens (tertiary/aromatic N) is 1. The normalized spacial score (nSPS) is 11.3. The molecule has 0 saturated carbocycles. The second-order valence-corrected chi connectivity index (χ2v) is 5.50. The maximum atomic E-state index is 5.87. The first-order valence-corrected chi connectivity index (χ1v) is 6.45. The lowest BCUT2D eigenvalue weighted by Crippen LogP contribution is -2.35. The number of aromatic nitrogens is 1. The van der Waals surface area contributed by atoms with Crippen LogP contribution in [0.5, 0.6) is 11.5 Å². The van der Waals surface area contributed by atoms with Crippen LogP contribution in [0.1, 0.15) is 26.3 Å². The molecule has 0 amide bonds. The molecule has 100 valence electrons. The molecule has 0 aliphatic carbocycles. The average Bonchev–Trinajstić information content (AvgIpc) is 2.38. The molecule has 3 heteroatoms. The van der Waals surface area contributed by atoms with Crippen molar-refractivity contribution >= 4 is 0 Å². The van der Waals surface area contributed by atoms with Gasteiger partial charge in [-0.3, -0.25) is 4.98 Å². The van der Waals surface area contributed by atoms with Gasteiger partial charge in [0.2, 0.25) is 0 Å². The third-order valence-electron chi connectivity index (χ3n) is 2.64. The SMILES string of the molecule is CC(C)(C)NCc1ccccc1Oc1cccnc1. The smallest absolute Gasteiger partial charge is 0.145 e. The first kappa shape index (κ1) is 13.6. The van der Waals surface area contributed by atoms with E-state index in [1.807, 2.05) is 30.3 Å². The summed E-state index contributed by atoms with van der Waals surface area (Å²) in [5.41, 5.74) is 1.22. The molecule has 1 N–H and O–H groups in total. The molecule has 0 aliphatic rings. The first-order chi connectivity index (χ1) is 9.04. The quantitative estimate of drug-likeness (QED) is 0.904. The third kappa shape index (κ3) is 4.38. The van der Waals surface area contributed by atoms with E-state index < -0.39 is 0 Å². The van der Waals surface area contributed by atoms with E-state index in [1.54, 1.807) is 12.4 Å². The lowest BCUT2D eigenvalue weighted by Gasteiger charge is -2.21. The molecule has 19 heavy (non-hydrogen) atoms. The lowest BCUT2D eigenvalue weighted by molar-refractivity contribution is 0.414. The van der Waals surface area contributed by atoms with Crippen LogP contribution in [-0.4, -0.2) is 10.5 Å². The molecule has 3 nitrogen and oxygen atoms in total. The second-order valence-electron chi connectivity index (χ2n) is 5.50. The Morgan fingerprint density at radius 1 is 1.11 bits per heavy atom. The topological polar surface area (TPSA) is 34.1 Å². The highest BCUT2D eigenvalue weighted by Gasteiger charge is 2.11. The molecule has 0 saturated heterocycles. The van der Waals surface area contributed by atoms with E-state index in [9.17, 15) is 0 Å². The summed E-state index contributed by atoms with van der Waals surface area (Å²) >= 11 is 0. The van der Waals surface area contributed by atoms with Crippen molar-refractivity contribution in [3.63, 3.8) is 0 Å². The molecule has 0 bridgehead atoms. The summed E-state index contributed by atoms with van der Waals surface area (Å²) in [5, 5.41) is 3.47. The molecule has 1 aromatic carbocycles. The average molecular weight is 256 g/mol. The zero-order valence-electron chi connectivity index (χ0n) is 11.7. The molecule has 0 fully saturated rings. The van der Waals surface area contributed by atoms with E-state index in [1.165, 1.54) is 0 Å². The van der Waals surface area contributed by atoms with Crippen LogP contribution >= 0.6 is 0 Å². The van der Waals surface area contributed by atoms with Crippen LogP contribution in [0.25, 0.3) is 0 Å². The van der Waals surface area contributed by atoms with Crippen molar-refractivity contribution < 1.29 is 4.74 Å². The van der Waals surface area contributed by atoms with E-state index >= 15 is 0 Å². The molecule has 0 spiro atoms. The summed E-state index contributed by atoms with van der Waals surface area (Å²) in [6, 6.07) is 11.8. The van der Waals surface area contributed by atoms with Crippen molar-refractivity contribution in [1.29, 1.82) is 0 Å². The molecular weight excluding hydrogens is 236 g/mol. The molecule has 0 unspecified atom stereocenters. The van der Waals surface area contributed by atoms with Gasteiger partial charge in [0.1, 0.15) is 11.5 Å². The third-order valence-corrected chi connectivity index (χ3v) is 2.64. The molecule has 0 atom stereocenters. The van der Waals surface area contributed by atoms with Crippen LogP contribution in [0.4, 0.5) is 0 Å². The highest BCUT2D eigenvalue weighted by atomic mass is 16.5. The summed E-state index contributed by atoms with van der Waals surface area (Å²) in [6.07, 6.45) is 3.45. The Bertz CT molecular complexity index is 518. The van der Waals surface area contributed by atoms with Gasteiger partial charge in [0.25, 0.3) is 0 Å². The number of pyridine rings is 1.